The van der Waals surface area contributed by atoms with Gasteiger partial charge in [0.1, 0.15) is 18.0 Å². The Morgan fingerprint density at radius 3 is 2.75 bits per heavy atom. The first-order chi connectivity index (χ1) is 15.5. The fourth-order valence-corrected chi connectivity index (χ4v) is 4.56. The Bertz CT molecular complexity index is 1060. The molecule has 0 saturated carbocycles. The summed E-state index contributed by atoms with van der Waals surface area (Å²) in [5.41, 5.74) is 12.0. The second kappa shape index (κ2) is 9.65. The molecule has 2 aromatic carbocycles. The van der Waals surface area contributed by atoms with Crippen LogP contribution in [0.25, 0.3) is 10.4 Å². The van der Waals surface area contributed by atoms with Crippen molar-refractivity contribution in [2.75, 3.05) is 13.2 Å². The maximum Gasteiger partial charge on any atom is 0.252 e. The topological polar surface area (TPSA) is 87.5 Å². The molecule has 2 aliphatic rings. The van der Waals surface area contributed by atoms with Crippen molar-refractivity contribution in [3.8, 4) is 0 Å². The third kappa shape index (κ3) is 4.60. The van der Waals surface area contributed by atoms with Crippen molar-refractivity contribution < 1.29 is 18.7 Å². The normalized spacial score (nSPS) is 24.8. The van der Waals surface area contributed by atoms with Crippen LogP contribution in [0.2, 0.25) is 0 Å². The minimum absolute atomic E-state index is 0.0969. The highest BCUT2D eigenvalue weighted by Crippen LogP contribution is 2.36. The van der Waals surface area contributed by atoms with Crippen LogP contribution in [0.1, 0.15) is 36.1 Å². The highest BCUT2D eigenvalue weighted by molar-refractivity contribution is 7.80. The van der Waals surface area contributed by atoms with E-state index in [-0.39, 0.29) is 30.8 Å². The summed E-state index contributed by atoms with van der Waals surface area (Å²) in [4.78, 5) is 18.3. The van der Waals surface area contributed by atoms with Crippen LogP contribution in [0, 0.1) is 5.82 Å². The molecule has 0 unspecified atom stereocenters. The number of thiocarbonyl (C=S) groups is 1. The van der Waals surface area contributed by atoms with Gasteiger partial charge in [-0.15, -0.1) is 0 Å². The Labute approximate surface area is 190 Å². The number of ether oxygens (including phenoxy) is 2. The van der Waals surface area contributed by atoms with Crippen LogP contribution in [-0.2, 0) is 20.7 Å². The highest BCUT2D eigenvalue weighted by atomic mass is 32.1. The third-order valence-electron chi connectivity index (χ3n) is 5.89. The van der Waals surface area contributed by atoms with Crippen molar-refractivity contribution in [1.29, 1.82) is 0 Å². The van der Waals surface area contributed by atoms with Gasteiger partial charge < -0.3 is 14.4 Å². The number of amides is 1. The maximum absolute atomic E-state index is 13.6. The Kier molecular flexibility index (Phi) is 6.69. The first kappa shape index (κ1) is 22.2. The predicted molar refractivity (Wildman–Crippen MR) is 121 cm³/mol. The average molecular weight is 455 g/mol. The summed E-state index contributed by atoms with van der Waals surface area (Å²) >= 11 is 5.00. The molecule has 32 heavy (non-hydrogen) atoms. The number of carbonyl (C=O) groups excluding carboxylic acids is 1. The smallest absolute Gasteiger partial charge is 0.252 e. The molecule has 1 amide bonds. The highest BCUT2D eigenvalue weighted by Gasteiger charge is 2.41. The standard InChI is InChI=1S/C23H23FN4O3S/c1-14(32)31-21-13-30-20(12-19(21)26-27-25)23(29)28-11-10-15-4-2-3-5-18(15)22(28)16-6-8-17(24)9-7-16/h2-9,19-22H,10-13H2,1H3/t19-,20+,21+,22-/m0/s1. The van der Waals surface area contributed by atoms with Gasteiger partial charge in [0.15, 0.2) is 5.05 Å². The van der Waals surface area contributed by atoms with E-state index in [1.165, 1.54) is 12.1 Å². The van der Waals surface area contributed by atoms with Crippen LogP contribution in [0.4, 0.5) is 4.39 Å². The molecule has 2 aliphatic heterocycles. The Hall–Kier alpha value is -3.00. The fraction of sp³-hybridized carbons (Fsp3) is 0.391. The number of azide groups is 1. The van der Waals surface area contributed by atoms with E-state index in [0.29, 0.717) is 18.0 Å². The number of carbonyl (C=O) groups is 1. The maximum atomic E-state index is 13.6. The minimum atomic E-state index is -0.774. The van der Waals surface area contributed by atoms with Gasteiger partial charge >= 0.3 is 0 Å². The van der Waals surface area contributed by atoms with Crippen molar-refractivity contribution >= 4 is 23.2 Å². The minimum Gasteiger partial charge on any atom is -0.481 e. The van der Waals surface area contributed by atoms with Gasteiger partial charge in [0, 0.05) is 18.4 Å². The van der Waals surface area contributed by atoms with Crippen molar-refractivity contribution in [2.45, 2.75) is 44.1 Å². The van der Waals surface area contributed by atoms with Gasteiger partial charge in [-0.05, 0) is 59.4 Å². The number of hydrogen-bond donors (Lipinski definition) is 0. The van der Waals surface area contributed by atoms with Gasteiger partial charge in [-0.3, -0.25) is 4.79 Å². The van der Waals surface area contributed by atoms with E-state index in [1.54, 1.807) is 24.0 Å². The third-order valence-corrected chi connectivity index (χ3v) is 5.99. The zero-order valence-corrected chi connectivity index (χ0v) is 18.4. The summed E-state index contributed by atoms with van der Waals surface area (Å²) in [5, 5.41) is 4.15. The zero-order valence-electron chi connectivity index (χ0n) is 17.6. The van der Waals surface area contributed by atoms with E-state index < -0.39 is 18.2 Å². The summed E-state index contributed by atoms with van der Waals surface area (Å²) in [6.07, 6.45) is -0.390. The van der Waals surface area contributed by atoms with E-state index in [1.807, 2.05) is 18.2 Å². The van der Waals surface area contributed by atoms with Gasteiger partial charge in [0.05, 0.1) is 18.7 Å². The molecule has 0 radical (unpaired) electrons. The average Bonchev–Trinajstić information content (AvgIpc) is 2.79. The second-order valence-electron chi connectivity index (χ2n) is 7.91. The SMILES string of the molecule is CC(=S)O[C@@H]1CO[C@@H](C(=O)N2CCc3ccccc3[C@@H]2c2ccc(F)cc2)C[C@@H]1N=[N+]=[N-]. The quantitative estimate of drug-likeness (QED) is 0.295. The summed E-state index contributed by atoms with van der Waals surface area (Å²) in [6, 6.07) is 13.3. The number of fused-ring (bicyclic) bond motifs is 1. The molecule has 4 atom stereocenters. The largest absolute Gasteiger partial charge is 0.481 e. The van der Waals surface area contributed by atoms with Gasteiger partial charge in [0.2, 0.25) is 0 Å². The molecule has 0 N–H and O–H groups in total. The molecule has 2 aromatic rings. The zero-order chi connectivity index (χ0) is 22.7. The molecule has 0 aliphatic carbocycles. The van der Waals surface area contributed by atoms with Gasteiger partial charge in [-0.1, -0.05) is 41.5 Å². The van der Waals surface area contributed by atoms with Crippen LogP contribution in [-0.4, -0.2) is 47.3 Å². The Morgan fingerprint density at radius 1 is 1.28 bits per heavy atom. The molecule has 0 spiro atoms. The number of benzene rings is 2. The molecule has 4 rings (SSSR count). The molecule has 0 bridgehead atoms. The van der Waals surface area contributed by atoms with E-state index >= 15 is 0 Å². The van der Waals surface area contributed by atoms with E-state index in [0.717, 1.165) is 16.7 Å². The molecule has 1 fully saturated rings. The molecule has 7 nitrogen and oxygen atoms in total. The van der Waals surface area contributed by atoms with Gasteiger partial charge in [-0.25, -0.2) is 4.39 Å². The molecular weight excluding hydrogens is 431 g/mol. The summed E-state index contributed by atoms with van der Waals surface area (Å²) in [5.74, 6) is -0.520. The van der Waals surface area contributed by atoms with Crippen LogP contribution in [0.5, 0.6) is 0 Å². The van der Waals surface area contributed by atoms with Crippen molar-refractivity contribution in [1.82, 2.24) is 4.90 Å². The van der Waals surface area contributed by atoms with Crippen LogP contribution >= 0.6 is 12.2 Å². The van der Waals surface area contributed by atoms with Crippen LogP contribution < -0.4 is 0 Å². The first-order valence-electron chi connectivity index (χ1n) is 10.4. The molecule has 9 heteroatoms. The van der Waals surface area contributed by atoms with E-state index in [9.17, 15) is 9.18 Å². The molecule has 166 valence electrons. The lowest BCUT2D eigenvalue weighted by molar-refractivity contribution is -0.154. The number of nitrogens with zero attached hydrogens (tertiary/aromatic N) is 4. The Morgan fingerprint density at radius 2 is 2.03 bits per heavy atom. The lowest BCUT2D eigenvalue weighted by Gasteiger charge is -2.41. The first-order valence-corrected chi connectivity index (χ1v) is 10.9. The molecule has 1 saturated heterocycles. The summed E-state index contributed by atoms with van der Waals surface area (Å²) in [6.45, 7) is 2.24. The summed E-state index contributed by atoms with van der Waals surface area (Å²) in [7, 11) is 0. The van der Waals surface area contributed by atoms with Crippen molar-refractivity contribution in [3.63, 3.8) is 0 Å². The van der Waals surface area contributed by atoms with E-state index in [2.05, 4.69) is 16.1 Å². The monoisotopic (exact) mass is 454 g/mol. The van der Waals surface area contributed by atoms with Gasteiger partial charge in [-0.2, -0.15) is 0 Å². The van der Waals surface area contributed by atoms with E-state index in [4.69, 9.17) is 27.2 Å². The molecular formula is C23H23FN4O3S. The number of hydrogen-bond acceptors (Lipinski definition) is 5. The van der Waals surface area contributed by atoms with Gasteiger partial charge in [0.25, 0.3) is 5.91 Å². The Balaban J connectivity index is 1.62. The van der Waals surface area contributed by atoms with Crippen LogP contribution in [0.3, 0.4) is 0 Å². The summed E-state index contributed by atoms with van der Waals surface area (Å²) < 4.78 is 25.0. The van der Waals surface area contributed by atoms with Crippen LogP contribution in [0.15, 0.2) is 53.6 Å². The predicted octanol–water partition coefficient (Wildman–Crippen LogP) is 4.50. The number of halogens is 1. The lowest BCUT2D eigenvalue weighted by Crippen LogP contribution is -2.51. The molecule has 0 aromatic heterocycles. The number of rotatable bonds is 4. The second-order valence-corrected chi connectivity index (χ2v) is 8.49. The molecule has 2 heterocycles. The fourth-order valence-electron chi connectivity index (χ4n) is 4.44. The van der Waals surface area contributed by atoms with Crippen molar-refractivity contribution in [2.24, 2.45) is 5.11 Å². The van der Waals surface area contributed by atoms with Crippen molar-refractivity contribution in [3.05, 3.63) is 81.5 Å². The lowest BCUT2D eigenvalue weighted by atomic mass is 9.87.